The fourth-order valence-electron chi connectivity index (χ4n) is 3.87. The van der Waals surface area contributed by atoms with Crippen molar-refractivity contribution >= 4 is 17.7 Å². The molecule has 1 aromatic carbocycles. The number of benzene rings is 1. The fourth-order valence-corrected chi connectivity index (χ4v) is 3.87. The molecule has 0 bridgehead atoms. The molecular weight excluding hydrogens is 346 g/mol. The second-order valence-corrected chi connectivity index (χ2v) is 7.01. The first-order chi connectivity index (χ1) is 13.1. The SMILES string of the molecule is CCC(C(=O)N1CCCN(C(=O)COC)CC1)N1Cc2ccccc2C1=O. The van der Waals surface area contributed by atoms with Gasteiger partial charge in [0.25, 0.3) is 5.91 Å². The van der Waals surface area contributed by atoms with E-state index in [9.17, 15) is 14.4 Å². The van der Waals surface area contributed by atoms with Gasteiger partial charge in [0.1, 0.15) is 12.6 Å². The molecule has 0 saturated carbocycles. The number of amides is 3. The molecule has 0 spiro atoms. The molecule has 1 saturated heterocycles. The van der Waals surface area contributed by atoms with E-state index in [2.05, 4.69) is 0 Å². The van der Waals surface area contributed by atoms with Crippen LogP contribution in [0.25, 0.3) is 0 Å². The van der Waals surface area contributed by atoms with E-state index in [4.69, 9.17) is 4.74 Å². The van der Waals surface area contributed by atoms with Gasteiger partial charge in [0.15, 0.2) is 0 Å². The topological polar surface area (TPSA) is 70.2 Å². The molecule has 3 rings (SSSR count). The minimum Gasteiger partial charge on any atom is -0.375 e. The number of carbonyl (C=O) groups excluding carboxylic acids is 3. The van der Waals surface area contributed by atoms with Crippen LogP contribution in [-0.4, -0.2) is 78.4 Å². The van der Waals surface area contributed by atoms with E-state index in [1.54, 1.807) is 14.7 Å². The van der Waals surface area contributed by atoms with E-state index in [1.807, 2.05) is 31.2 Å². The van der Waals surface area contributed by atoms with Gasteiger partial charge in [-0.2, -0.15) is 0 Å². The molecule has 7 nitrogen and oxygen atoms in total. The van der Waals surface area contributed by atoms with E-state index < -0.39 is 6.04 Å². The molecule has 3 amide bonds. The van der Waals surface area contributed by atoms with Gasteiger partial charge in [0, 0.05) is 45.4 Å². The van der Waals surface area contributed by atoms with Gasteiger partial charge in [0.05, 0.1) is 0 Å². The molecule has 0 aromatic heterocycles. The highest BCUT2D eigenvalue weighted by Gasteiger charge is 2.37. The number of methoxy groups -OCH3 is 1. The number of hydrogen-bond acceptors (Lipinski definition) is 4. The highest BCUT2D eigenvalue weighted by Crippen LogP contribution is 2.26. The maximum atomic E-state index is 13.2. The molecule has 0 aliphatic carbocycles. The van der Waals surface area contributed by atoms with Gasteiger partial charge in [-0.15, -0.1) is 0 Å². The van der Waals surface area contributed by atoms with Crippen molar-refractivity contribution < 1.29 is 19.1 Å². The number of rotatable bonds is 5. The number of carbonyl (C=O) groups is 3. The Morgan fingerprint density at radius 3 is 2.52 bits per heavy atom. The summed E-state index contributed by atoms with van der Waals surface area (Å²) in [5.41, 5.74) is 1.66. The predicted molar refractivity (Wildman–Crippen MR) is 100 cm³/mol. The van der Waals surface area contributed by atoms with Gasteiger partial charge in [0.2, 0.25) is 11.8 Å². The highest BCUT2D eigenvalue weighted by atomic mass is 16.5. The van der Waals surface area contributed by atoms with E-state index in [0.29, 0.717) is 44.7 Å². The summed E-state index contributed by atoms with van der Waals surface area (Å²) in [5, 5.41) is 0. The van der Waals surface area contributed by atoms with Crippen LogP contribution in [0, 0.1) is 0 Å². The van der Waals surface area contributed by atoms with Gasteiger partial charge in [-0.25, -0.2) is 0 Å². The monoisotopic (exact) mass is 373 g/mol. The zero-order valence-electron chi connectivity index (χ0n) is 16.0. The number of fused-ring (bicyclic) bond motifs is 1. The quantitative estimate of drug-likeness (QED) is 0.776. The van der Waals surface area contributed by atoms with Gasteiger partial charge in [-0.1, -0.05) is 25.1 Å². The lowest BCUT2D eigenvalue weighted by Gasteiger charge is -2.31. The van der Waals surface area contributed by atoms with Crippen molar-refractivity contribution in [3.8, 4) is 0 Å². The summed E-state index contributed by atoms with van der Waals surface area (Å²) in [6, 6.07) is 7.06. The second kappa shape index (κ2) is 8.52. The molecular formula is C20H27N3O4. The van der Waals surface area contributed by atoms with Crippen LogP contribution in [0.5, 0.6) is 0 Å². The fraction of sp³-hybridized carbons (Fsp3) is 0.550. The molecule has 0 radical (unpaired) electrons. The zero-order chi connectivity index (χ0) is 19.4. The summed E-state index contributed by atoms with van der Waals surface area (Å²) < 4.78 is 4.92. The standard InChI is InChI=1S/C20H27N3O4/c1-3-17(23-13-15-7-4-5-8-16(15)19(23)25)20(26)22-10-6-9-21(11-12-22)18(24)14-27-2/h4-5,7-8,17H,3,6,9-14H2,1-2H3. The van der Waals surface area contributed by atoms with E-state index >= 15 is 0 Å². The first kappa shape index (κ1) is 19.4. The van der Waals surface area contributed by atoms with Crippen LogP contribution in [0.2, 0.25) is 0 Å². The predicted octanol–water partition coefficient (Wildman–Crippen LogP) is 1.13. The van der Waals surface area contributed by atoms with Crippen LogP contribution >= 0.6 is 0 Å². The lowest BCUT2D eigenvalue weighted by molar-refractivity contribution is -0.138. The summed E-state index contributed by atoms with van der Waals surface area (Å²) in [4.78, 5) is 43.2. The van der Waals surface area contributed by atoms with Crippen molar-refractivity contribution in [2.24, 2.45) is 0 Å². The Bertz CT molecular complexity index is 721. The number of ether oxygens (including phenoxy) is 1. The van der Waals surface area contributed by atoms with Crippen molar-refractivity contribution in [2.45, 2.75) is 32.4 Å². The van der Waals surface area contributed by atoms with Crippen molar-refractivity contribution in [1.82, 2.24) is 14.7 Å². The summed E-state index contributed by atoms with van der Waals surface area (Å²) in [7, 11) is 1.50. The van der Waals surface area contributed by atoms with Crippen molar-refractivity contribution in [2.75, 3.05) is 39.9 Å². The Hall–Kier alpha value is -2.41. The van der Waals surface area contributed by atoms with Gasteiger partial charge in [-0.3, -0.25) is 14.4 Å². The lowest BCUT2D eigenvalue weighted by Crippen LogP contribution is -2.49. The highest BCUT2D eigenvalue weighted by molar-refractivity contribution is 6.01. The van der Waals surface area contributed by atoms with Gasteiger partial charge >= 0.3 is 0 Å². The third kappa shape index (κ3) is 3.98. The largest absolute Gasteiger partial charge is 0.375 e. The second-order valence-electron chi connectivity index (χ2n) is 7.01. The van der Waals surface area contributed by atoms with Crippen molar-refractivity contribution in [3.05, 3.63) is 35.4 Å². The van der Waals surface area contributed by atoms with Crippen molar-refractivity contribution in [1.29, 1.82) is 0 Å². The summed E-state index contributed by atoms with van der Waals surface area (Å²) >= 11 is 0. The average Bonchev–Trinajstić information content (AvgIpc) is 2.86. The zero-order valence-corrected chi connectivity index (χ0v) is 16.0. The van der Waals surface area contributed by atoms with E-state index in [-0.39, 0.29) is 24.3 Å². The normalized spacial score (nSPS) is 18.3. The summed E-state index contributed by atoms with van der Waals surface area (Å²) in [6.45, 7) is 4.68. The number of hydrogen-bond donors (Lipinski definition) is 0. The molecule has 2 aliphatic rings. The van der Waals surface area contributed by atoms with Crippen LogP contribution in [0.3, 0.4) is 0 Å². The summed E-state index contributed by atoms with van der Waals surface area (Å²) in [5.74, 6) is -0.152. The van der Waals surface area contributed by atoms with Gasteiger partial charge in [-0.05, 0) is 24.5 Å². The molecule has 1 fully saturated rings. The molecule has 2 aliphatic heterocycles. The first-order valence-electron chi connectivity index (χ1n) is 9.51. The van der Waals surface area contributed by atoms with Gasteiger partial charge < -0.3 is 19.4 Å². The van der Waals surface area contributed by atoms with Crippen LogP contribution in [0.15, 0.2) is 24.3 Å². The Labute approximate surface area is 159 Å². The molecule has 1 unspecified atom stereocenters. The molecule has 7 heteroatoms. The average molecular weight is 373 g/mol. The Balaban J connectivity index is 1.67. The van der Waals surface area contributed by atoms with Crippen molar-refractivity contribution in [3.63, 3.8) is 0 Å². The van der Waals surface area contributed by atoms with Crippen LogP contribution < -0.4 is 0 Å². The lowest BCUT2D eigenvalue weighted by atomic mass is 10.1. The Morgan fingerprint density at radius 1 is 1.11 bits per heavy atom. The maximum absolute atomic E-state index is 13.2. The van der Waals surface area contributed by atoms with Crippen LogP contribution in [0.1, 0.15) is 35.7 Å². The molecule has 27 heavy (non-hydrogen) atoms. The first-order valence-corrected chi connectivity index (χ1v) is 9.51. The Morgan fingerprint density at radius 2 is 1.81 bits per heavy atom. The summed E-state index contributed by atoms with van der Waals surface area (Å²) in [6.07, 6.45) is 1.30. The molecule has 146 valence electrons. The minimum absolute atomic E-state index is 0.0281. The molecule has 1 aromatic rings. The van der Waals surface area contributed by atoms with E-state index in [0.717, 1.165) is 12.0 Å². The maximum Gasteiger partial charge on any atom is 0.255 e. The third-order valence-electron chi connectivity index (χ3n) is 5.33. The third-order valence-corrected chi connectivity index (χ3v) is 5.33. The number of nitrogens with zero attached hydrogens (tertiary/aromatic N) is 3. The smallest absolute Gasteiger partial charge is 0.255 e. The van der Waals surface area contributed by atoms with Crippen LogP contribution in [-0.2, 0) is 20.9 Å². The van der Waals surface area contributed by atoms with Crippen LogP contribution in [0.4, 0.5) is 0 Å². The molecule has 0 N–H and O–H groups in total. The minimum atomic E-state index is -0.467. The molecule has 1 atom stereocenters. The molecule has 2 heterocycles. The Kier molecular flexibility index (Phi) is 6.11. The van der Waals surface area contributed by atoms with E-state index in [1.165, 1.54) is 7.11 Å².